The topological polar surface area (TPSA) is 175 Å². The van der Waals surface area contributed by atoms with Crippen molar-refractivity contribution < 1.29 is 36.3 Å². The molecule has 0 radical (unpaired) electrons. The van der Waals surface area contributed by atoms with Gasteiger partial charge in [-0.25, -0.2) is 22.8 Å². The predicted octanol–water partition coefficient (Wildman–Crippen LogP) is 5.99. The maximum atomic E-state index is 14.9. The normalized spacial score (nSPS) is 22.7. The van der Waals surface area contributed by atoms with Crippen molar-refractivity contribution in [2.45, 2.75) is 76.7 Å². The summed E-state index contributed by atoms with van der Waals surface area (Å²) in [6.45, 7) is 9.64. The van der Waals surface area contributed by atoms with Crippen LogP contribution in [-0.4, -0.2) is 74.8 Å². The van der Waals surface area contributed by atoms with Gasteiger partial charge in [-0.05, 0) is 66.8 Å². The molecule has 8 rings (SSSR count). The van der Waals surface area contributed by atoms with Crippen LogP contribution in [0.4, 0.5) is 4.39 Å². The number of hydrogen-bond acceptors (Lipinski definition) is 11. The van der Waals surface area contributed by atoms with Gasteiger partial charge in [0.25, 0.3) is 5.88 Å². The fourth-order valence-electron chi connectivity index (χ4n) is 7.89. The fraction of sp³-hybridized carbons (Fsp3) is 0.405. The van der Waals surface area contributed by atoms with Gasteiger partial charge in [-0.3, -0.25) is 24.1 Å². The van der Waals surface area contributed by atoms with E-state index in [2.05, 4.69) is 21.3 Å². The Morgan fingerprint density at radius 3 is 2.53 bits per heavy atom. The molecule has 1 saturated heterocycles. The molecule has 0 bridgehead atoms. The molecule has 0 unspecified atom stereocenters. The quantitative estimate of drug-likeness (QED) is 0.139. The van der Waals surface area contributed by atoms with Crippen LogP contribution in [0.3, 0.4) is 0 Å². The van der Waals surface area contributed by atoms with Crippen LogP contribution < -0.4 is 9.46 Å². The average molecular weight is 795 g/mol. The molecular formula is C42H43FN6O7S. The van der Waals surface area contributed by atoms with Gasteiger partial charge in [0.1, 0.15) is 28.7 Å². The number of para-hydroxylation sites is 1. The standard InChI is InChI=1S/C42H43FN6O7S/c1-5-25-20-42(25,40(52)48-57(53,54)28-14-15-28)21-33(50)32-19-27(23-49(32)39(51)30(41(2,3)4)18-24-10-12-26(43)13-11-24)55-38-36-35(29-8-6-7-9-34(29)56-36)46-37(47-38)31-22-44-16-17-45-31/h5-13,16-17,22,25,27-28,30,32H,1,14-15,18-21,23H2,2-4H3,(H,48,52)/t25-,27-,30-,32+,42-/m1/s1. The number of halogens is 1. The van der Waals surface area contributed by atoms with Gasteiger partial charge in [0, 0.05) is 36.5 Å². The molecule has 57 heavy (non-hydrogen) atoms. The molecule has 5 atom stereocenters. The zero-order valence-electron chi connectivity index (χ0n) is 31.9. The van der Waals surface area contributed by atoms with Gasteiger partial charge in [-0.15, -0.1) is 6.58 Å². The van der Waals surface area contributed by atoms with Crippen molar-refractivity contribution in [1.82, 2.24) is 29.6 Å². The largest absolute Gasteiger partial charge is 0.470 e. The SMILES string of the molecule is C=C[C@@H]1C[C@]1(CC(=O)[C@@H]1C[C@@H](Oc2nc(-c3cnccn3)nc3c2oc2ccccc23)CN1C(=O)[C@@H](Cc1ccc(F)cc1)C(C)(C)C)C(=O)NS(=O)(=O)C1CC1. The molecule has 2 aliphatic carbocycles. The number of rotatable bonds is 13. The van der Waals surface area contributed by atoms with Crippen molar-refractivity contribution in [2.24, 2.45) is 22.7 Å². The molecule has 5 aromatic rings. The van der Waals surface area contributed by atoms with Gasteiger partial charge in [0.2, 0.25) is 27.4 Å². The molecule has 3 fully saturated rings. The number of benzene rings is 2. The van der Waals surface area contributed by atoms with Crippen molar-refractivity contribution >= 4 is 49.7 Å². The number of allylic oxidation sites excluding steroid dienone is 1. The highest BCUT2D eigenvalue weighted by Crippen LogP contribution is 2.57. The Hall–Kier alpha value is -5.57. The van der Waals surface area contributed by atoms with Crippen molar-refractivity contribution in [3.8, 4) is 17.4 Å². The van der Waals surface area contributed by atoms with Crippen molar-refractivity contribution in [1.29, 1.82) is 0 Å². The Balaban J connectivity index is 1.14. The van der Waals surface area contributed by atoms with Crippen LogP contribution >= 0.6 is 0 Å². The van der Waals surface area contributed by atoms with Crippen molar-refractivity contribution in [2.75, 3.05) is 6.54 Å². The molecule has 3 aliphatic rings. The zero-order chi connectivity index (χ0) is 40.3. The van der Waals surface area contributed by atoms with Gasteiger partial charge < -0.3 is 14.1 Å². The molecule has 2 amide bonds. The summed E-state index contributed by atoms with van der Waals surface area (Å²) >= 11 is 0. The Morgan fingerprint density at radius 1 is 1.11 bits per heavy atom. The van der Waals surface area contributed by atoms with E-state index >= 15 is 0 Å². The van der Waals surface area contributed by atoms with E-state index < -0.39 is 67.6 Å². The third-order valence-electron chi connectivity index (χ3n) is 11.4. The summed E-state index contributed by atoms with van der Waals surface area (Å²) in [5.41, 5.74) is 0.572. The van der Waals surface area contributed by atoms with E-state index in [0.29, 0.717) is 29.6 Å². The zero-order valence-corrected chi connectivity index (χ0v) is 32.7. The van der Waals surface area contributed by atoms with Crippen LogP contribution in [0.15, 0.2) is 84.2 Å². The third kappa shape index (κ3) is 7.52. The van der Waals surface area contributed by atoms with E-state index in [1.165, 1.54) is 35.6 Å². The number of sulfonamides is 1. The second-order valence-corrected chi connectivity index (χ2v) is 18.4. The monoisotopic (exact) mass is 794 g/mol. The number of nitrogens with zero attached hydrogens (tertiary/aromatic N) is 5. The summed E-state index contributed by atoms with van der Waals surface area (Å²) in [4.78, 5) is 62.7. The second kappa shape index (κ2) is 14.4. The molecule has 2 saturated carbocycles. The van der Waals surface area contributed by atoms with Gasteiger partial charge >= 0.3 is 0 Å². The average Bonchev–Trinajstić information content (AvgIpc) is 4.09. The number of likely N-dealkylation sites (tertiary alicyclic amines) is 1. The molecule has 2 aromatic carbocycles. The number of carbonyl (C=O) groups excluding carboxylic acids is 3. The lowest BCUT2D eigenvalue weighted by Crippen LogP contribution is -2.48. The van der Waals surface area contributed by atoms with E-state index in [4.69, 9.17) is 19.1 Å². The first-order valence-electron chi connectivity index (χ1n) is 19.1. The number of nitrogens with one attached hydrogen (secondary N) is 1. The first-order valence-corrected chi connectivity index (χ1v) is 20.6. The van der Waals surface area contributed by atoms with Crippen LogP contribution in [0.25, 0.3) is 33.6 Å². The number of Topliss-reactive ketones (excluding diaryl/α,β-unsaturated/α-hetero) is 1. The predicted molar refractivity (Wildman–Crippen MR) is 208 cm³/mol. The molecule has 15 heteroatoms. The molecular weight excluding hydrogens is 752 g/mol. The summed E-state index contributed by atoms with van der Waals surface area (Å²) in [5.74, 6) is -2.56. The first kappa shape index (κ1) is 38.3. The minimum absolute atomic E-state index is 0.00240. The van der Waals surface area contributed by atoms with E-state index in [0.717, 1.165) is 10.9 Å². The number of furan rings is 1. The van der Waals surface area contributed by atoms with Crippen molar-refractivity contribution in [3.63, 3.8) is 0 Å². The smallest absolute Gasteiger partial charge is 0.262 e. The molecule has 0 spiro atoms. The lowest BCUT2D eigenvalue weighted by atomic mass is 9.76. The van der Waals surface area contributed by atoms with E-state index in [1.54, 1.807) is 24.3 Å². The number of fused-ring (bicyclic) bond motifs is 3. The van der Waals surface area contributed by atoms with Gasteiger partial charge in [-0.1, -0.05) is 51.1 Å². The van der Waals surface area contributed by atoms with Crippen molar-refractivity contribution in [3.05, 3.63) is 91.2 Å². The molecule has 3 aromatic heterocycles. The number of hydrogen-bond donors (Lipinski definition) is 1. The highest BCUT2D eigenvalue weighted by Gasteiger charge is 2.61. The molecule has 1 N–H and O–H groups in total. The molecule has 13 nitrogen and oxygen atoms in total. The van der Waals surface area contributed by atoms with E-state index in [-0.39, 0.29) is 55.4 Å². The van der Waals surface area contributed by atoms with Crippen LogP contribution in [-0.2, 0) is 30.8 Å². The van der Waals surface area contributed by atoms with Gasteiger partial charge in [0.05, 0.1) is 29.4 Å². The Bertz CT molecular complexity index is 2500. The highest BCUT2D eigenvalue weighted by molar-refractivity contribution is 7.90. The summed E-state index contributed by atoms with van der Waals surface area (Å²) in [6.07, 6.45) is 6.63. The minimum atomic E-state index is -3.88. The summed E-state index contributed by atoms with van der Waals surface area (Å²) in [6, 6.07) is 12.3. The van der Waals surface area contributed by atoms with E-state index in [1.807, 2.05) is 39.0 Å². The first-order chi connectivity index (χ1) is 27.2. The number of aromatic nitrogens is 4. The summed E-state index contributed by atoms with van der Waals surface area (Å²) in [5, 5.41) is 0.101. The second-order valence-electron chi connectivity index (χ2n) is 16.5. The summed E-state index contributed by atoms with van der Waals surface area (Å²) < 4.78 is 54.6. The fourth-order valence-corrected chi connectivity index (χ4v) is 9.28. The molecule has 296 valence electrons. The lowest BCUT2D eigenvalue weighted by Gasteiger charge is -2.35. The maximum absolute atomic E-state index is 14.9. The Labute approximate surface area is 329 Å². The van der Waals surface area contributed by atoms with Crippen LogP contribution in [0.2, 0.25) is 0 Å². The molecule has 1 aliphatic heterocycles. The van der Waals surface area contributed by atoms with Crippen LogP contribution in [0, 0.1) is 28.5 Å². The Morgan fingerprint density at radius 2 is 1.86 bits per heavy atom. The van der Waals surface area contributed by atoms with Gasteiger partial charge in [-0.2, -0.15) is 4.98 Å². The number of amides is 2. The Kier molecular flexibility index (Phi) is 9.69. The highest BCUT2D eigenvalue weighted by atomic mass is 32.2. The number of ether oxygens (including phenoxy) is 1. The van der Waals surface area contributed by atoms with Gasteiger partial charge in [0.15, 0.2) is 11.6 Å². The van der Waals surface area contributed by atoms with Crippen LogP contribution in [0.1, 0.15) is 58.4 Å². The minimum Gasteiger partial charge on any atom is -0.470 e. The lowest BCUT2D eigenvalue weighted by molar-refractivity contribution is -0.144. The summed E-state index contributed by atoms with van der Waals surface area (Å²) in [7, 11) is -3.88. The molecule has 4 heterocycles. The number of carbonyl (C=O) groups is 3. The van der Waals surface area contributed by atoms with Crippen LogP contribution in [0.5, 0.6) is 5.88 Å². The number of ketones is 1. The third-order valence-corrected chi connectivity index (χ3v) is 13.3. The van der Waals surface area contributed by atoms with E-state index in [9.17, 15) is 27.2 Å². The maximum Gasteiger partial charge on any atom is 0.262 e.